The maximum absolute atomic E-state index is 11.7. The molecule has 1 aliphatic heterocycles. The van der Waals surface area contributed by atoms with Gasteiger partial charge in [0.25, 0.3) is 5.91 Å². The Labute approximate surface area is 104 Å². The summed E-state index contributed by atoms with van der Waals surface area (Å²) in [4.78, 5) is 13.9. The number of hydrazine groups is 1. The zero-order valence-electron chi connectivity index (χ0n) is 11.2. The number of likely N-dealkylation sites (tertiary alicyclic amines) is 1. The molecule has 0 aromatic heterocycles. The van der Waals surface area contributed by atoms with E-state index in [-0.39, 0.29) is 11.9 Å². The Kier molecular flexibility index (Phi) is 5.36. The van der Waals surface area contributed by atoms with E-state index >= 15 is 0 Å². The lowest BCUT2D eigenvalue weighted by atomic mass is 9.82. The summed E-state index contributed by atoms with van der Waals surface area (Å²) in [6.45, 7) is 6.75. The molecule has 1 amide bonds. The molecule has 0 aliphatic carbocycles. The second kappa shape index (κ2) is 6.33. The predicted molar refractivity (Wildman–Crippen MR) is 67.2 cm³/mol. The largest absolute Gasteiger partial charge is 0.383 e. The number of carbonyl (C=O) groups is 1. The number of hydrogen-bond donors (Lipinski definition) is 2. The second-order valence-electron chi connectivity index (χ2n) is 4.91. The van der Waals surface area contributed by atoms with Gasteiger partial charge in [-0.05, 0) is 31.2 Å². The minimum atomic E-state index is -0.259. The van der Waals surface area contributed by atoms with Crippen molar-refractivity contribution in [1.29, 1.82) is 0 Å². The van der Waals surface area contributed by atoms with Crippen LogP contribution in [0.1, 0.15) is 33.1 Å². The monoisotopic (exact) mass is 243 g/mol. The molecule has 1 aliphatic rings. The molecule has 5 heteroatoms. The Morgan fingerprint density at radius 1 is 1.53 bits per heavy atom. The van der Waals surface area contributed by atoms with Gasteiger partial charge in [-0.2, -0.15) is 0 Å². The summed E-state index contributed by atoms with van der Waals surface area (Å²) in [5.74, 6) is 5.06. The zero-order chi connectivity index (χ0) is 12.9. The van der Waals surface area contributed by atoms with Crippen molar-refractivity contribution in [2.45, 2.75) is 39.2 Å². The fraction of sp³-hybridized carbons (Fsp3) is 0.917. The molecule has 1 heterocycles. The molecule has 0 spiro atoms. The van der Waals surface area contributed by atoms with Crippen LogP contribution in [-0.4, -0.2) is 43.7 Å². The number of nitrogens with two attached hydrogens (primary N) is 1. The number of carbonyl (C=O) groups excluding carboxylic acids is 1. The van der Waals surface area contributed by atoms with E-state index in [0.717, 1.165) is 32.4 Å². The van der Waals surface area contributed by atoms with Crippen LogP contribution in [0.25, 0.3) is 0 Å². The molecule has 0 bridgehead atoms. The second-order valence-corrected chi connectivity index (χ2v) is 4.91. The van der Waals surface area contributed by atoms with E-state index in [1.54, 1.807) is 7.11 Å². The number of amides is 1. The smallest absolute Gasteiger partial charge is 0.253 e. The molecule has 1 unspecified atom stereocenters. The van der Waals surface area contributed by atoms with E-state index in [9.17, 15) is 4.79 Å². The molecule has 0 saturated carbocycles. The van der Waals surface area contributed by atoms with E-state index in [0.29, 0.717) is 12.0 Å². The lowest BCUT2D eigenvalue weighted by Gasteiger charge is -2.29. The summed E-state index contributed by atoms with van der Waals surface area (Å²) in [7, 11) is 1.61. The topological polar surface area (TPSA) is 67.6 Å². The number of nitrogens with one attached hydrogen (secondary N) is 1. The molecule has 3 N–H and O–H groups in total. The Hall–Kier alpha value is -0.650. The first-order valence-corrected chi connectivity index (χ1v) is 6.36. The van der Waals surface area contributed by atoms with Gasteiger partial charge in [-0.3, -0.25) is 15.1 Å². The van der Waals surface area contributed by atoms with Crippen LogP contribution < -0.4 is 11.3 Å². The fourth-order valence-electron chi connectivity index (χ4n) is 2.66. The van der Waals surface area contributed by atoms with Gasteiger partial charge in [0.1, 0.15) is 6.04 Å². The lowest BCUT2D eigenvalue weighted by Crippen LogP contribution is -2.51. The number of methoxy groups -OCH3 is 1. The molecule has 1 atom stereocenters. The van der Waals surface area contributed by atoms with Gasteiger partial charge in [-0.25, -0.2) is 5.84 Å². The van der Waals surface area contributed by atoms with Crippen LogP contribution in [0.3, 0.4) is 0 Å². The van der Waals surface area contributed by atoms with Gasteiger partial charge in [0.15, 0.2) is 0 Å². The van der Waals surface area contributed by atoms with Gasteiger partial charge in [0.2, 0.25) is 0 Å². The molecule has 0 radical (unpaired) electrons. The maximum Gasteiger partial charge on any atom is 0.253 e. The Balaban J connectivity index is 2.68. The standard InChI is InChI=1S/C12H25N3O2/c1-4-12(5-2)6-7-15(9-12)10(8-17-3)11(16)14-13/h10H,4-9,13H2,1-3H3,(H,14,16). The maximum atomic E-state index is 11.7. The number of ether oxygens (including phenoxy) is 1. The molecule has 5 nitrogen and oxygen atoms in total. The van der Waals surface area contributed by atoms with Crippen LogP contribution in [-0.2, 0) is 9.53 Å². The van der Waals surface area contributed by atoms with Crippen LogP contribution in [0.2, 0.25) is 0 Å². The summed E-state index contributed by atoms with van der Waals surface area (Å²) < 4.78 is 5.12. The highest BCUT2D eigenvalue weighted by atomic mass is 16.5. The van der Waals surface area contributed by atoms with Crippen molar-refractivity contribution in [3.8, 4) is 0 Å². The molecular weight excluding hydrogens is 218 g/mol. The van der Waals surface area contributed by atoms with E-state index < -0.39 is 0 Å². The summed E-state index contributed by atoms with van der Waals surface area (Å²) in [5.41, 5.74) is 2.59. The predicted octanol–water partition coefficient (Wildman–Crippen LogP) is 0.503. The number of nitrogens with zero attached hydrogens (tertiary/aromatic N) is 1. The Morgan fingerprint density at radius 2 is 2.18 bits per heavy atom. The quantitative estimate of drug-likeness (QED) is 0.405. The molecule has 17 heavy (non-hydrogen) atoms. The van der Waals surface area contributed by atoms with Crippen LogP contribution in [0.15, 0.2) is 0 Å². The van der Waals surface area contributed by atoms with Crippen molar-refractivity contribution in [1.82, 2.24) is 10.3 Å². The van der Waals surface area contributed by atoms with E-state index in [1.165, 1.54) is 0 Å². The van der Waals surface area contributed by atoms with Crippen molar-refractivity contribution in [3.63, 3.8) is 0 Å². The zero-order valence-corrected chi connectivity index (χ0v) is 11.2. The molecule has 1 saturated heterocycles. The van der Waals surface area contributed by atoms with Crippen molar-refractivity contribution in [2.75, 3.05) is 26.8 Å². The SMILES string of the molecule is CCC1(CC)CCN(C(COC)C(=O)NN)C1. The molecule has 1 fully saturated rings. The molecule has 100 valence electrons. The van der Waals surface area contributed by atoms with Gasteiger partial charge in [0.05, 0.1) is 6.61 Å². The third kappa shape index (κ3) is 3.18. The van der Waals surface area contributed by atoms with Gasteiger partial charge < -0.3 is 4.74 Å². The van der Waals surface area contributed by atoms with Crippen LogP contribution in [0, 0.1) is 5.41 Å². The first-order chi connectivity index (χ1) is 8.12. The van der Waals surface area contributed by atoms with E-state index in [2.05, 4.69) is 24.2 Å². The first kappa shape index (κ1) is 14.4. The van der Waals surface area contributed by atoms with Crippen molar-refractivity contribution < 1.29 is 9.53 Å². The lowest BCUT2D eigenvalue weighted by molar-refractivity contribution is -0.128. The third-order valence-corrected chi connectivity index (χ3v) is 4.18. The van der Waals surface area contributed by atoms with Crippen molar-refractivity contribution in [2.24, 2.45) is 11.3 Å². The minimum Gasteiger partial charge on any atom is -0.383 e. The van der Waals surface area contributed by atoms with E-state index in [4.69, 9.17) is 10.6 Å². The normalized spacial score (nSPS) is 21.4. The van der Waals surface area contributed by atoms with Gasteiger partial charge in [-0.1, -0.05) is 13.8 Å². The molecule has 0 aromatic rings. The minimum absolute atomic E-state index is 0.158. The summed E-state index contributed by atoms with van der Waals surface area (Å²) in [6.07, 6.45) is 3.46. The summed E-state index contributed by atoms with van der Waals surface area (Å²) in [5, 5.41) is 0. The summed E-state index contributed by atoms with van der Waals surface area (Å²) in [6, 6.07) is -0.259. The highest BCUT2D eigenvalue weighted by Crippen LogP contribution is 2.37. The van der Waals surface area contributed by atoms with Crippen LogP contribution in [0.5, 0.6) is 0 Å². The highest BCUT2D eigenvalue weighted by Gasteiger charge is 2.39. The Morgan fingerprint density at radius 3 is 2.59 bits per heavy atom. The van der Waals surface area contributed by atoms with Crippen LogP contribution >= 0.6 is 0 Å². The fourth-order valence-corrected chi connectivity index (χ4v) is 2.66. The van der Waals surface area contributed by atoms with Gasteiger partial charge in [-0.15, -0.1) is 0 Å². The van der Waals surface area contributed by atoms with Crippen LogP contribution in [0.4, 0.5) is 0 Å². The summed E-state index contributed by atoms with van der Waals surface area (Å²) >= 11 is 0. The molecule has 1 rings (SSSR count). The van der Waals surface area contributed by atoms with Gasteiger partial charge in [0, 0.05) is 13.7 Å². The average Bonchev–Trinajstić information content (AvgIpc) is 2.80. The molecular formula is C12H25N3O2. The number of hydrogen-bond acceptors (Lipinski definition) is 4. The number of rotatable bonds is 6. The van der Waals surface area contributed by atoms with Crippen molar-refractivity contribution >= 4 is 5.91 Å². The Bertz CT molecular complexity index is 254. The average molecular weight is 243 g/mol. The highest BCUT2D eigenvalue weighted by molar-refractivity contribution is 5.81. The van der Waals surface area contributed by atoms with E-state index in [1.807, 2.05) is 0 Å². The third-order valence-electron chi connectivity index (χ3n) is 4.18. The first-order valence-electron chi connectivity index (χ1n) is 6.36. The molecule has 0 aromatic carbocycles. The van der Waals surface area contributed by atoms with Crippen molar-refractivity contribution in [3.05, 3.63) is 0 Å². The van der Waals surface area contributed by atoms with Gasteiger partial charge >= 0.3 is 0 Å².